The molecule has 0 aliphatic rings. The van der Waals surface area contributed by atoms with Gasteiger partial charge in [0.1, 0.15) is 6.61 Å². The number of ether oxygens (including phenoxy) is 2. The molecule has 3 N–H and O–H groups in total. The Kier molecular flexibility index (Phi) is 8.67. The molecule has 0 aliphatic heterocycles. The molecule has 7 nitrogen and oxygen atoms in total. The van der Waals surface area contributed by atoms with E-state index >= 15 is 0 Å². The Morgan fingerprint density at radius 1 is 1.21 bits per heavy atom. The van der Waals surface area contributed by atoms with Crippen molar-refractivity contribution in [3.8, 4) is 0 Å². The first-order valence-corrected chi connectivity index (χ1v) is 7.61. The topological polar surface area (TPSA) is 108 Å². The molecule has 0 saturated carbocycles. The van der Waals surface area contributed by atoms with Crippen molar-refractivity contribution < 1.29 is 23.9 Å². The molecule has 0 aliphatic carbocycles. The summed E-state index contributed by atoms with van der Waals surface area (Å²) < 4.78 is 9.87. The highest BCUT2D eigenvalue weighted by atomic mass is 16.5. The van der Waals surface area contributed by atoms with Gasteiger partial charge in [0.25, 0.3) is 0 Å². The first-order chi connectivity index (χ1) is 11.5. The molecule has 0 bridgehead atoms. The highest BCUT2D eigenvalue weighted by molar-refractivity contribution is 5.82. The van der Waals surface area contributed by atoms with Crippen LogP contribution in [0.4, 0.5) is 4.79 Å². The van der Waals surface area contributed by atoms with E-state index in [0.717, 1.165) is 5.56 Å². The van der Waals surface area contributed by atoms with Gasteiger partial charge in [0.2, 0.25) is 5.91 Å². The van der Waals surface area contributed by atoms with Crippen LogP contribution in [-0.2, 0) is 25.7 Å². The largest absolute Gasteiger partial charge is 0.463 e. The third-order valence-electron chi connectivity index (χ3n) is 2.97. The number of amides is 2. The third-order valence-corrected chi connectivity index (χ3v) is 2.97. The van der Waals surface area contributed by atoms with E-state index in [1.165, 1.54) is 12.2 Å². The van der Waals surface area contributed by atoms with Gasteiger partial charge in [-0.15, -0.1) is 0 Å². The van der Waals surface area contributed by atoms with Crippen molar-refractivity contribution in [1.29, 1.82) is 0 Å². The lowest BCUT2D eigenvalue weighted by atomic mass is 10.1. The standard InChI is InChI=1S/C17H22N2O5/c1-2-23-16(21)11-9-14(8-10-15(18)20)19-17(22)24-12-13-6-4-3-5-7-13/h3-7,9,11,14H,2,8,10,12H2,1H3,(H2,18,20)(H,19,22)/b11-9+/t14-/m0/s1. The highest BCUT2D eigenvalue weighted by Gasteiger charge is 2.12. The fourth-order valence-corrected chi connectivity index (χ4v) is 1.82. The monoisotopic (exact) mass is 334 g/mol. The second kappa shape index (κ2) is 10.8. The zero-order chi connectivity index (χ0) is 17.8. The quantitative estimate of drug-likeness (QED) is 0.527. The van der Waals surface area contributed by atoms with Crippen LogP contribution in [0.1, 0.15) is 25.3 Å². The van der Waals surface area contributed by atoms with Gasteiger partial charge in [-0.2, -0.15) is 0 Å². The van der Waals surface area contributed by atoms with Gasteiger partial charge in [-0.1, -0.05) is 36.4 Å². The lowest BCUT2D eigenvalue weighted by Crippen LogP contribution is -2.34. The van der Waals surface area contributed by atoms with E-state index in [0.29, 0.717) is 0 Å². The summed E-state index contributed by atoms with van der Waals surface area (Å²) in [6, 6.07) is 8.65. The Morgan fingerprint density at radius 3 is 2.54 bits per heavy atom. The second-order valence-electron chi connectivity index (χ2n) is 4.93. The maximum Gasteiger partial charge on any atom is 0.407 e. The summed E-state index contributed by atoms with van der Waals surface area (Å²) in [4.78, 5) is 34.1. The highest BCUT2D eigenvalue weighted by Crippen LogP contribution is 2.03. The molecule has 7 heteroatoms. The number of alkyl carbamates (subject to hydrolysis) is 1. The van der Waals surface area contributed by atoms with Gasteiger partial charge >= 0.3 is 12.1 Å². The minimum Gasteiger partial charge on any atom is -0.463 e. The second-order valence-corrected chi connectivity index (χ2v) is 4.93. The average Bonchev–Trinajstić information content (AvgIpc) is 2.56. The van der Waals surface area contributed by atoms with Gasteiger partial charge in [0.15, 0.2) is 0 Å². The molecule has 0 spiro atoms. The van der Waals surface area contributed by atoms with Crippen molar-refractivity contribution in [1.82, 2.24) is 5.32 Å². The first-order valence-electron chi connectivity index (χ1n) is 7.61. The smallest absolute Gasteiger partial charge is 0.407 e. The van der Waals surface area contributed by atoms with Crippen molar-refractivity contribution in [3.05, 3.63) is 48.0 Å². The van der Waals surface area contributed by atoms with Gasteiger partial charge in [-0.25, -0.2) is 9.59 Å². The molecular formula is C17H22N2O5. The molecule has 130 valence electrons. The van der Waals surface area contributed by atoms with Crippen LogP contribution in [0.15, 0.2) is 42.5 Å². The number of primary amides is 1. The lowest BCUT2D eigenvalue weighted by Gasteiger charge is -2.14. The summed E-state index contributed by atoms with van der Waals surface area (Å²) >= 11 is 0. The van der Waals surface area contributed by atoms with Crippen LogP contribution < -0.4 is 11.1 Å². The molecule has 2 amide bonds. The summed E-state index contributed by atoms with van der Waals surface area (Å²) in [5.41, 5.74) is 5.96. The molecule has 1 aromatic rings. The molecule has 0 unspecified atom stereocenters. The number of benzene rings is 1. The molecule has 0 heterocycles. The van der Waals surface area contributed by atoms with E-state index in [1.807, 2.05) is 30.3 Å². The fourth-order valence-electron chi connectivity index (χ4n) is 1.82. The van der Waals surface area contributed by atoms with Crippen molar-refractivity contribution in [2.24, 2.45) is 5.73 Å². The minimum absolute atomic E-state index is 0.0663. The van der Waals surface area contributed by atoms with Crippen molar-refractivity contribution >= 4 is 18.0 Å². The van der Waals surface area contributed by atoms with Crippen LogP contribution in [0.2, 0.25) is 0 Å². The minimum atomic E-state index is -0.651. The van der Waals surface area contributed by atoms with Crippen molar-refractivity contribution in [3.63, 3.8) is 0 Å². The van der Waals surface area contributed by atoms with E-state index in [9.17, 15) is 14.4 Å². The molecule has 0 radical (unpaired) electrons. The Bertz CT molecular complexity index is 572. The summed E-state index contributed by atoms with van der Waals surface area (Å²) in [5.74, 6) is -1.02. The van der Waals surface area contributed by atoms with Crippen LogP contribution >= 0.6 is 0 Å². The van der Waals surface area contributed by atoms with Crippen LogP contribution in [0.25, 0.3) is 0 Å². The Morgan fingerprint density at radius 2 is 1.92 bits per heavy atom. The fraction of sp³-hybridized carbons (Fsp3) is 0.353. The molecular weight excluding hydrogens is 312 g/mol. The van der Waals surface area contributed by atoms with Gasteiger partial charge in [-0.05, 0) is 18.9 Å². The predicted octanol–water partition coefficient (Wildman–Crippen LogP) is 1.67. The Hall–Kier alpha value is -2.83. The summed E-state index contributed by atoms with van der Waals surface area (Å²) in [6.45, 7) is 2.06. The maximum absolute atomic E-state index is 11.8. The van der Waals surface area contributed by atoms with E-state index in [2.05, 4.69) is 5.32 Å². The first kappa shape index (κ1) is 19.2. The molecule has 0 saturated heterocycles. The number of hydrogen-bond acceptors (Lipinski definition) is 5. The number of nitrogens with one attached hydrogen (secondary N) is 1. The lowest BCUT2D eigenvalue weighted by molar-refractivity contribution is -0.137. The summed E-state index contributed by atoms with van der Waals surface area (Å²) in [7, 11) is 0. The number of hydrogen-bond donors (Lipinski definition) is 2. The predicted molar refractivity (Wildman–Crippen MR) is 87.8 cm³/mol. The molecule has 1 aromatic carbocycles. The molecule has 0 fully saturated rings. The SMILES string of the molecule is CCOC(=O)/C=C/[C@H](CCC(N)=O)NC(=O)OCc1ccccc1. The van der Waals surface area contributed by atoms with Crippen LogP contribution in [0, 0.1) is 0 Å². The van der Waals surface area contributed by atoms with E-state index in [1.54, 1.807) is 6.92 Å². The summed E-state index contributed by atoms with van der Waals surface area (Å²) in [5, 5.41) is 2.58. The van der Waals surface area contributed by atoms with Gasteiger partial charge in [0, 0.05) is 12.5 Å². The number of carbonyl (C=O) groups is 3. The average molecular weight is 334 g/mol. The third kappa shape index (κ3) is 8.57. The maximum atomic E-state index is 11.8. The number of nitrogens with two attached hydrogens (primary N) is 1. The van der Waals surface area contributed by atoms with Crippen LogP contribution in [0.3, 0.4) is 0 Å². The summed E-state index contributed by atoms with van der Waals surface area (Å²) in [6.07, 6.45) is 2.32. The van der Waals surface area contributed by atoms with E-state index in [4.69, 9.17) is 15.2 Å². The van der Waals surface area contributed by atoms with E-state index < -0.39 is 24.0 Å². The number of esters is 1. The molecule has 1 atom stereocenters. The number of rotatable bonds is 9. The molecule has 0 aromatic heterocycles. The Labute approximate surface area is 140 Å². The Balaban J connectivity index is 2.53. The normalized spacial score (nSPS) is 11.7. The van der Waals surface area contributed by atoms with Gasteiger partial charge in [-0.3, -0.25) is 4.79 Å². The van der Waals surface area contributed by atoms with Gasteiger partial charge < -0.3 is 20.5 Å². The van der Waals surface area contributed by atoms with Crippen molar-refractivity contribution in [2.45, 2.75) is 32.4 Å². The van der Waals surface area contributed by atoms with Gasteiger partial charge in [0.05, 0.1) is 12.6 Å². The van der Waals surface area contributed by atoms with Crippen LogP contribution in [0.5, 0.6) is 0 Å². The molecule has 1 rings (SSSR count). The zero-order valence-electron chi connectivity index (χ0n) is 13.6. The van der Waals surface area contributed by atoms with Crippen LogP contribution in [-0.4, -0.2) is 30.6 Å². The number of carbonyl (C=O) groups excluding carboxylic acids is 3. The van der Waals surface area contributed by atoms with Crippen molar-refractivity contribution in [2.75, 3.05) is 6.61 Å². The zero-order valence-corrected chi connectivity index (χ0v) is 13.6. The van der Waals surface area contributed by atoms with E-state index in [-0.39, 0.29) is 26.1 Å². The molecule has 24 heavy (non-hydrogen) atoms.